The number of hydrogen-bond acceptors (Lipinski definition) is 7. The van der Waals surface area contributed by atoms with E-state index in [1.165, 1.54) is 10.7 Å². The lowest BCUT2D eigenvalue weighted by Gasteiger charge is -2.34. The van der Waals surface area contributed by atoms with Crippen LogP contribution in [0.3, 0.4) is 0 Å². The first-order valence-electron chi connectivity index (χ1n) is 11.1. The number of aromatic nitrogens is 7. The molecule has 3 unspecified atom stereocenters. The molecule has 1 fully saturated rings. The standard InChI is InChI=1S/C23H17F5N8O/c1-10(11-2-5-16(30-7-11)23(26,27)28)36-21-17(15(6-29)35-36)22(37)34-20(33-21)14-4-3-13(14)19-31-8-12(9-32-19)18(24)25/h2,5,7-10,13-14,18H,3-4H2,1H3,(H,33,34,37). The number of fused-ring (bicyclic) bond motifs is 1. The Balaban J connectivity index is 1.53. The second kappa shape index (κ2) is 8.99. The summed E-state index contributed by atoms with van der Waals surface area (Å²) in [6.07, 6.45) is -2.83. The Morgan fingerprint density at radius 1 is 1.08 bits per heavy atom. The van der Waals surface area contributed by atoms with E-state index in [0.29, 0.717) is 30.1 Å². The van der Waals surface area contributed by atoms with Crippen LogP contribution in [0.4, 0.5) is 22.0 Å². The van der Waals surface area contributed by atoms with Gasteiger partial charge < -0.3 is 4.98 Å². The molecule has 0 radical (unpaired) electrons. The number of aromatic amines is 1. The monoisotopic (exact) mass is 516 g/mol. The van der Waals surface area contributed by atoms with E-state index in [1.54, 1.807) is 6.92 Å². The highest BCUT2D eigenvalue weighted by Crippen LogP contribution is 2.46. The smallest absolute Gasteiger partial charge is 0.310 e. The molecule has 1 aliphatic rings. The average Bonchev–Trinajstić information content (AvgIpc) is 3.22. The lowest BCUT2D eigenvalue weighted by Crippen LogP contribution is -2.28. The molecule has 1 aliphatic carbocycles. The van der Waals surface area contributed by atoms with Crippen LogP contribution in [0.15, 0.2) is 35.5 Å². The SMILES string of the molecule is CC(c1ccc(C(F)(F)F)nc1)n1nc(C#N)c2c(=O)[nH]c(C3CCC3c3ncc(C(F)F)cn3)nc21. The molecule has 0 aromatic carbocycles. The molecule has 4 heterocycles. The minimum Gasteiger partial charge on any atom is -0.310 e. The number of hydrogen-bond donors (Lipinski definition) is 1. The third kappa shape index (κ3) is 4.30. The number of alkyl halides is 5. The van der Waals surface area contributed by atoms with Gasteiger partial charge in [0, 0.05) is 30.4 Å². The van der Waals surface area contributed by atoms with Crippen LogP contribution < -0.4 is 5.56 Å². The van der Waals surface area contributed by atoms with Crippen molar-refractivity contribution in [1.82, 2.24) is 34.7 Å². The fourth-order valence-electron chi connectivity index (χ4n) is 4.34. The third-order valence-corrected chi connectivity index (χ3v) is 6.51. The average molecular weight is 516 g/mol. The quantitative estimate of drug-likeness (QED) is 0.390. The highest BCUT2D eigenvalue weighted by Gasteiger charge is 2.38. The molecular formula is C23H17F5N8O. The second-order valence-electron chi connectivity index (χ2n) is 8.67. The fraction of sp³-hybridized carbons (Fsp3) is 0.348. The normalized spacial score (nSPS) is 18.5. The lowest BCUT2D eigenvalue weighted by molar-refractivity contribution is -0.141. The van der Waals surface area contributed by atoms with Crippen molar-refractivity contribution in [1.29, 1.82) is 5.26 Å². The zero-order valence-electron chi connectivity index (χ0n) is 19.0. The van der Waals surface area contributed by atoms with Gasteiger partial charge in [0.25, 0.3) is 12.0 Å². The molecule has 5 rings (SSSR count). The molecule has 1 saturated carbocycles. The lowest BCUT2D eigenvalue weighted by atomic mass is 9.72. The number of H-pyrrole nitrogens is 1. The molecule has 190 valence electrons. The van der Waals surface area contributed by atoms with Gasteiger partial charge in [-0.25, -0.2) is 28.4 Å². The van der Waals surface area contributed by atoms with Crippen LogP contribution in [0.5, 0.6) is 0 Å². The molecule has 14 heteroatoms. The molecule has 0 saturated heterocycles. The van der Waals surface area contributed by atoms with Gasteiger partial charge in [-0.15, -0.1) is 0 Å². The van der Waals surface area contributed by atoms with Crippen LogP contribution in [-0.4, -0.2) is 34.7 Å². The Bertz CT molecular complexity index is 1550. The van der Waals surface area contributed by atoms with Gasteiger partial charge in [0.1, 0.15) is 28.8 Å². The summed E-state index contributed by atoms with van der Waals surface area (Å²) >= 11 is 0. The first kappa shape index (κ1) is 24.4. The van der Waals surface area contributed by atoms with Gasteiger partial charge in [0.15, 0.2) is 11.3 Å². The van der Waals surface area contributed by atoms with Crippen molar-refractivity contribution in [3.8, 4) is 6.07 Å². The molecule has 1 N–H and O–H groups in total. The van der Waals surface area contributed by atoms with Gasteiger partial charge in [-0.05, 0) is 31.4 Å². The number of halogens is 5. The van der Waals surface area contributed by atoms with Gasteiger partial charge in [-0.3, -0.25) is 9.78 Å². The maximum absolute atomic E-state index is 13.0. The highest BCUT2D eigenvalue weighted by molar-refractivity contribution is 5.80. The van der Waals surface area contributed by atoms with E-state index >= 15 is 0 Å². The Labute approximate surface area is 205 Å². The largest absolute Gasteiger partial charge is 0.433 e. The van der Waals surface area contributed by atoms with Crippen LogP contribution in [-0.2, 0) is 6.18 Å². The third-order valence-electron chi connectivity index (χ3n) is 6.51. The predicted molar refractivity (Wildman–Crippen MR) is 118 cm³/mol. The van der Waals surface area contributed by atoms with Crippen molar-refractivity contribution < 1.29 is 22.0 Å². The van der Waals surface area contributed by atoms with Crippen molar-refractivity contribution in [3.63, 3.8) is 0 Å². The first-order valence-corrected chi connectivity index (χ1v) is 11.1. The number of nitrogens with zero attached hydrogens (tertiary/aromatic N) is 7. The van der Waals surface area contributed by atoms with E-state index in [-0.39, 0.29) is 34.1 Å². The minimum absolute atomic E-state index is 0.0496. The van der Waals surface area contributed by atoms with E-state index in [1.807, 2.05) is 6.07 Å². The zero-order valence-corrected chi connectivity index (χ0v) is 19.0. The number of nitriles is 1. The Kier molecular flexibility index (Phi) is 5.93. The van der Waals surface area contributed by atoms with Gasteiger partial charge in [0.2, 0.25) is 0 Å². The summed E-state index contributed by atoms with van der Waals surface area (Å²) in [4.78, 5) is 31.8. The summed E-state index contributed by atoms with van der Waals surface area (Å²) in [6, 6.07) is 3.24. The van der Waals surface area contributed by atoms with E-state index in [0.717, 1.165) is 24.7 Å². The molecule has 0 bridgehead atoms. The van der Waals surface area contributed by atoms with Gasteiger partial charge in [0.05, 0.1) is 11.6 Å². The zero-order chi connectivity index (χ0) is 26.5. The molecule has 4 aromatic rings. The van der Waals surface area contributed by atoms with E-state index in [4.69, 9.17) is 0 Å². The Morgan fingerprint density at radius 2 is 1.76 bits per heavy atom. The van der Waals surface area contributed by atoms with Crippen LogP contribution in [0.2, 0.25) is 0 Å². The molecular weight excluding hydrogens is 499 g/mol. The van der Waals surface area contributed by atoms with Crippen molar-refractivity contribution in [3.05, 3.63) is 75.2 Å². The Morgan fingerprint density at radius 3 is 2.30 bits per heavy atom. The van der Waals surface area contributed by atoms with Crippen LogP contribution in [0.1, 0.15) is 78.2 Å². The van der Waals surface area contributed by atoms with Crippen molar-refractivity contribution in [2.45, 2.75) is 50.2 Å². The summed E-state index contributed by atoms with van der Waals surface area (Å²) in [5.41, 5.74) is -1.68. The summed E-state index contributed by atoms with van der Waals surface area (Å²) in [5, 5.41) is 13.7. The van der Waals surface area contributed by atoms with Gasteiger partial charge in [-0.1, -0.05) is 6.07 Å². The molecule has 37 heavy (non-hydrogen) atoms. The number of pyridine rings is 1. The molecule has 0 spiro atoms. The van der Waals surface area contributed by atoms with Crippen molar-refractivity contribution in [2.24, 2.45) is 0 Å². The maximum atomic E-state index is 13.0. The summed E-state index contributed by atoms with van der Waals surface area (Å²) in [6.45, 7) is 1.63. The van der Waals surface area contributed by atoms with Crippen molar-refractivity contribution >= 4 is 11.0 Å². The summed E-state index contributed by atoms with van der Waals surface area (Å²) in [5.74, 6) is 0.0552. The molecule has 9 nitrogen and oxygen atoms in total. The summed E-state index contributed by atoms with van der Waals surface area (Å²) < 4.78 is 65.7. The van der Waals surface area contributed by atoms with Crippen LogP contribution in [0.25, 0.3) is 11.0 Å². The molecule has 3 atom stereocenters. The molecule has 0 amide bonds. The number of rotatable bonds is 5. The predicted octanol–water partition coefficient (Wildman–Crippen LogP) is 4.40. The summed E-state index contributed by atoms with van der Waals surface area (Å²) in [7, 11) is 0. The number of nitrogens with one attached hydrogen (secondary N) is 1. The van der Waals surface area contributed by atoms with Crippen LogP contribution in [0, 0.1) is 11.3 Å². The van der Waals surface area contributed by atoms with E-state index in [9.17, 15) is 32.0 Å². The topological polar surface area (TPSA) is 126 Å². The van der Waals surface area contributed by atoms with Crippen LogP contribution >= 0.6 is 0 Å². The second-order valence-corrected chi connectivity index (χ2v) is 8.67. The molecule has 4 aromatic heterocycles. The fourth-order valence-corrected chi connectivity index (χ4v) is 4.34. The first-order chi connectivity index (χ1) is 17.6. The maximum Gasteiger partial charge on any atom is 0.433 e. The van der Waals surface area contributed by atoms with Crippen molar-refractivity contribution in [2.75, 3.05) is 0 Å². The van der Waals surface area contributed by atoms with Gasteiger partial charge in [-0.2, -0.15) is 23.5 Å². The minimum atomic E-state index is -4.60. The highest BCUT2D eigenvalue weighted by atomic mass is 19.4. The molecule has 0 aliphatic heterocycles. The Hall–Kier alpha value is -4.28. The van der Waals surface area contributed by atoms with E-state index in [2.05, 4.69) is 30.0 Å². The van der Waals surface area contributed by atoms with E-state index < -0.39 is 29.9 Å². The van der Waals surface area contributed by atoms with Gasteiger partial charge >= 0.3 is 6.18 Å².